The van der Waals surface area contributed by atoms with Gasteiger partial charge in [-0.15, -0.1) is 0 Å². The van der Waals surface area contributed by atoms with E-state index in [4.69, 9.17) is 0 Å². The fourth-order valence-corrected chi connectivity index (χ4v) is 8.29. The number of carbonyl (C=O) groups is 2. The second-order valence-electron chi connectivity index (χ2n) is 13.5. The van der Waals surface area contributed by atoms with E-state index in [2.05, 4.69) is 40.5 Å². The quantitative estimate of drug-likeness (QED) is 0.0208. The molecule has 0 saturated carbocycles. The summed E-state index contributed by atoms with van der Waals surface area (Å²) in [6.07, 6.45) is 8.38. The fraction of sp³-hybridized carbons (Fsp3) is 0.0270. The third kappa shape index (κ3) is 12.2. The van der Waals surface area contributed by atoms with Gasteiger partial charge in [0.05, 0.1) is 50.6 Å². The molecule has 5 aromatic rings. The van der Waals surface area contributed by atoms with Crippen LogP contribution in [0.5, 0.6) is 0 Å². The highest BCUT2D eigenvalue weighted by Gasteiger charge is 2.23. The molecule has 0 bridgehead atoms. The van der Waals surface area contributed by atoms with E-state index >= 15 is 0 Å². The van der Waals surface area contributed by atoms with Gasteiger partial charge in [0.25, 0.3) is 51.8 Å². The summed E-state index contributed by atoms with van der Waals surface area (Å²) in [7, 11) is -20.0. The van der Waals surface area contributed by atoms with Crippen LogP contribution in [0.4, 0.5) is 17.1 Å². The molecule has 352 valence electrons. The first kappa shape index (κ1) is 49.4. The highest BCUT2D eigenvalue weighted by Crippen LogP contribution is 2.28. The number of nitro benzene ring substituents is 1. The van der Waals surface area contributed by atoms with Crippen LogP contribution in [0.25, 0.3) is 18.1 Å². The molecule has 1 amide bonds. The average molecular weight is 1010 g/mol. The highest BCUT2D eigenvalue weighted by atomic mass is 32.2. The lowest BCUT2D eigenvalue weighted by atomic mass is 10.1. The lowest BCUT2D eigenvalue weighted by Gasteiger charge is -2.10. The van der Waals surface area contributed by atoms with Crippen molar-refractivity contribution in [1.29, 1.82) is 0 Å². The van der Waals surface area contributed by atoms with Crippen molar-refractivity contribution in [2.45, 2.75) is 26.5 Å². The van der Waals surface area contributed by atoms with Crippen LogP contribution >= 0.6 is 0 Å². The van der Waals surface area contributed by atoms with Gasteiger partial charge in [-0.3, -0.25) is 43.5 Å². The zero-order chi connectivity index (χ0) is 49.9. The highest BCUT2D eigenvalue weighted by molar-refractivity contribution is 7.86. The van der Waals surface area contributed by atoms with Gasteiger partial charge < -0.3 is 5.11 Å². The van der Waals surface area contributed by atoms with Crippen molar-refractivity contribution in [3.8, 4) is 5.95 Å². The van der Waals surface area contributed by atoms with Crippen LogP contribution in [0.1, 0.15) is 28.4 Å². The van der Waals surface area contributed by atoms with Crippen molar-refractivity contribution in [3.63, 3.8) is 0 Å². The van der Waals surface area contributed by atoms with Gasteiger partial charge >= 0.3 is 17.5 Å². The number of nitro groups is 1. The maximum absolute atomic E-state index is 12.4. The topological polar surface area (TPSA) is 425 Å². The van der Waals surface area contributed by atoms with E-state index in [1.165, 1.54) is 48.7 Å². The first-order chi connectivity index (χ1) is 31.6. The lowest BCUT2D eigenvalue weighted by Crippen LogP contribution is -2.40. The summed E-state index contributed by atoms with van der Waals surface area (Å²) < 4.78 is 137. The summed E-state index contributed by atoms with van der Waals surface area (Å²) in [5, 5.41) is 24.9. The number of carbonyl (C=O) groups excluding carboxylic acids is 1. The molecule has 0 aliphatic heterocycles. The number of nitrogens with zero attached hydrogens (tertiary/aromatic N) is 7. The number of aromatic carboxylic acids is 1. The Morgan fingerprint density at radius 3 is 2.03 bits per heavy atom. The SMILES string of the molecule is CC(=O)N=C1C=C(N=c2nc(-[n+]3cccc(C(=O)O)c3)[nH]c(=Nc3cc(S(=O)(=O)O)ccc3S(=O)(=O)O)[nH]2)C=CC1=NNc1ccc(/C=C/c2ccc([N+](=O)[O-])cc2S(=O)(=O)O)c(S(=O)(=O)O)c1. The Kier molecular flexibility index (Phi) is 13.8. The van der Waals surface area contributed by atoms with E-state index < -0.39 is 93.8 Å². The molecular weight excluding hydrogens is 985 g/mol. The third-order valence-electron chi connectivity index (χ3n) is 8.70. The Balaban J connectivity index is 1.41. The summed E-state index contributed by atoms with van der Waals surface area (Å²) in [5.74, 6) is -2.29. The minimum absolute atomic E-state index is 0.0120. The van der Waals surface area contributed by atoms with E-state index in [1.807, 2.05) is 0 Å². The van der Waals surface area contributed by atoms with Gasteiger partial charge in [0.15, 0.2) is 0 Å². The second-order valence-corrected chi connectivity index (χ2v) is 19.1. The van der Waals surface area contributed by atoms with Gasteiger partial charge in [-0.05, 0) is 82.9 Å². The molecule has 3 aromatic carbocycles. The minimum atomic E-state index is -5.06. The van der Waals surface area contributed by atoms with E-state index in [0.717, 1.165) is 48.0 Å². The van der Waals surface area contributed by atoms with E-state index in [0.29, 0.717) is 24.3 Å². The van der Waals surface area contributed by atoms with Crippen molar-refractivity contribution in [2.24, 2.45) is 20.1 Å². The zero-order valence-electron chi connectivity index (χ0n) is 33.8. The van der Waals surface area contributed by atoms with Crippen molar-refractivity contribution >= 4 is 93.0 Å². The van der Waals surface area contributed by atoms with E-state index in [-0.39, 0.29) is 51.1 Å². The number of nitrogens with one attached hydrogen (secondary N) is 3. The predicted octanol–water partition coefficient (Wildman–Crippen LogP) is 1.82. The minimum Gasteiger partial charge on any atom is -0.478 e. The Bertz CT molecular complexity index is 3760. The number of aliphatic imine (C=N–C) groups is 1. The molecule has 0 fully saturated rings. The number of benzene rings is 3. The number of hydrogen-bond acceptors (Lipinski definition) is 17. The zero-order valence-corrected chi connectivity index (χ0v) is 37.1. The molecule has 0 atom stereocenters. The Morgan fingerprint density at radius 2 is 1.43 bits per heavy atom. The van der Waals surface area contributed by atoms with Crippen LogP contribution in [0, 0.1) is 10.1 Å². The Hall–Kier alpha value is -8.04. The molecule has 6 rings (SSSR count). The molecule has 1 aliphatic rings. The molecule has 0 saturated heterocycles. The van der Waals surface area contributed by atoms with Crippen LogP contribution in [0.2, 0.25) is 0 Å². The number of hydrogen-bond donors (Lipinski definition) is 8. The monoisotopic (exact) mass is 1010 g/mol. The summed E-state index contributed by atoms with van der Waals surface area (Å²) in [6.45, 7) is 1.10. The number of allylic oxidation sites excluding steroid dienone is 3. The standard InChI is InChI=1S/C37H28N10O17S4/c1-20(48)38-29-15-24(9-12-28(29)45-44-25-8-6-21(32(16-25)67(59,60)61)4-5-22-7-10-26(47(51)52)17-33(22)68(62,63)64)39-35-41-36(43-37(42-35)46-14-2-3-23(19-46)34(49)50)40-30-18-27(65(53,54)55)11-13-31(30)66(56,57)58/h2-19H,1H3,(H7-,38,39,40,41,42,43,44,48,49,50,53,54,55,56,57,58,59,60,61,62,63,64)/p+1/b5-4+. The first-order valence-corrected chi connectivity index (χ1v) is 23.9. The molecule has 68 heavy (non-hydrogen) atoms. The number of hydrazone groups is 1. The summed E-state index contributed by atoms with van der Waals surface area (Å²) in [4.78, 5) is 52.9. The fourth-order valence-electron chi connectivity index (χ4n) is 5.77. The number of carboxylic acids is 1. The summed E-state index contributed by atoms with van der Waals surface area (Å²) >= 11 is 0. The molecule has 8 N–H and O–H groups in total. The Morgan fingerprint density at radius 1 is 0.779 bits per heavy atom. The average Bonchev–Trinajstić information content (AvgIpc) is 3.24. The molecule has 27 nitrogen and oxygen atoms in total. The lowest BCUT2D eigenvalue weighted by molar-refractivity contribution is -0.604. The number of anilines is 1. The van der Waals surface area contributed by atoms with E-state index in [9.17, 15) is 76.7 Å². The van der Waals surface area contributed by atoms with Gasteiger partial charge in [0, 0.05) is 19.1 Å². The van der Waals surface area contributed by atoms with Gasteiger partial charge in [-0.1, -0.05) is 18.2 Å². The van der Waals surface area contributed by atoms with Gasteiger partial charge in [0.1, 0.15) is 20.4 Å². The van der Waals surface area contributed by atoms with Crippen LogP contribution < -0.4 is 21.2 Å². The van der Waals surface area contributed by atoms with Crippen LogP contribution in [-0.2, 0) is 45.3 Å². The van der Waals surface area contributed by atoms with Crippen molar-refractivity contribution in [3.05, 3.63) is 141 Å². The molecule has 0 spiro atoms. The maximum Gasteiger partial charge on any atom is 0.407 e. The number of non-ortho nitro benzene ring substituents is 1. The van der Waals surface area contributed by atoms with Crippen molar-refractivity contribution in [1.82, 2.24) is 15.0 Å². The predicted molar refractivity (Wildman–Crippen MR) is 233 cm³/mol. The van der Waals surface area contributed by atoms with Gasteiger partial charge in [-0.2, -0.15) is 48.8 Å². The van der Waals surface area contributed by atoms with Crippen LogP contribution in [0.3, 0.4) is 0 Å². The number of amides is 1. The molecule has 2 heterocycles. The van der Waals surface area contributed by atoms with Crippen LogP contribution in [0.15, 0.2) is 143 Å². The smallest absolute Gasteiger partial charge is 0.407 e. The molecule has 1 aliphatic carbocycles. The molecule has 31 heteroatoms. The van der Waals surface area contributed by atoms with Crippen molar-refractivity contribution in [2.75, 3.05) is 5.43 Å². The number of aromatic amines is 2. The number of pyridine rings is 1. The normalized spacial score (nSPS) is 15.2. The number of H-pyrrole nitrogens is 2. The van der Waals surface area contributed by atoms with Gasteiger partial charge in [0.2, 0.25) is 5.91 Å². The number of rotatable bonds is 13. The van der Waals surface area contributed by atoms with Crippen molar-refractivity contribution < 1.29 is 76.1 Å². The largest absolute Gasteiger partial charge is 0.478 e. The van der Waals surface area contributed by atoms with Crippen LogP contribution in [-0.4, -0.2) is 100 Å². The Labute approximate surface area is 381 Å². The first-order valence-electron chi connectivity index (χ1n) is 18.2. The maximum atomic E-state index is 12.4. The molecule has 0 radical (unpaired) electrons. The number of aromatic nitrogens is 4. The molecule has 2 aromatic heterocycles. The number of carboxylic acid groups (broad SMARTS) is 1. The van der Waals surface area contributed by atoms with E-state index in [1.54, 1.807) is 0 Å². The summed E-state index contributed by atoms with van der Waals surface area (Å²) in [6, 6.07) is 10.5. The molecular formula is C37H29N10O17S4+. The van der Waals surface area contributed by atoms with Gasteiger partial charge in [-0.25, -0.2) is 19.3 Å². The third-order valence-corrected chi connectivity index (χ3v) is 12.3. The second kappa shape index (κ2) is 19.1. The molecule has 0 unspecified atom stereocenters. The summed E-state index contributed by atoms with van der Waals surface area (Å²) in [5.41, 5.74) is -0.610.